The number of carboxylic acid groups (broad SMARTS) is 1. The molecule has 3 heterocycles. The summed E-state index contributed by atoms with van der Waals surface area (Å²) in [5, 5.41) is 12.2. The maximum Gasteiger partial charge on any atom is 0.310 e. The third-order valence-electron chi connectivity index (χ3n) is 8.48. The van der Waals surface area contributed by atoms with Crippen LogP contribution in [0.5, 0.6) is 0 Å². The Morgan fingerprint density at radius 2 is 1.53 bits per heavy atom. The Bertz CT molecular complexity index is 2020. The number of likely N-dealkylation sites (tertiary alicyclic amines) is 1. The molecule has 8 nitrogen and oxygen atoms in total. The molecule has 11 heteroatoms. The van der Waals surface area contributed by atoms with E-state index in [9.17, 15) is 23.9 Å². The number of carboxylic acids is 1. The molecule has 2 amide bonds. The number of thiophene rings is 1. The Morgan fingerprint density at radius 1 is 0.878 bits per heavy atom. The van der Waals surface area contributed by atoms with Gasteiger partial charge in [0.2, 0.25) is 5.91 Å². The van der Waals surface area contributed by atoms with E-state index in [1.54, 1.807) is 48.5 Å². The van der Waals surface area contributed by atoms with Crippen molar-refractivity contribution in [3.05, 3.63) is 118 Å². The summed E-state index contributed by atoms with van der Waals surface area (Å²) in [4.78, 5) is 49.9. The van der Waals surface area contributed by atoms with Gasteiger partial charge >= 0.3 is 5.97 Å². The first kappa shape index (κ1) is 33.6. The minimum atomic E-state index is -0.952. The van der Waals surface area contributed by atoms with Gasteiger partial charge in [-0.1, -0.05) is 75.4 Å². The predicted molar refractivity (Wildman–Crippen MR) is 184 cm³/mol. The van der Waals surface area contributed by atoms with Gasteiger partial charge in [-0.05, 0) is 40.8 Å². The molecule has 0 aliphatic carbocycles. The van der Waals surface area contributed by atoms with Crippen LogP contribution < -0.4 is 5.32 Å². The standard InChI is InChI=1S/C38H34F2N4O4S/c1-38(2,3)33-15-14-32(49-33)35(45)43-31(36(46)44-20-26(21-44)37(47)48)16-22-8-10-23(11-9-22)34-41-18-25(19-42-34)28-13-12-24(17-30(28)40)27-6-4-5-7-29(27)39/h4-15,17-19,26,31H,16,20-21H2,1-3H3,(H,43,45)(H,47,48)/t31-/m0/s1. The van der Waals surface area contributed by atoms with Crippen molar-refractivity contribution in [2.24, 2.45) is 5.92 Å². The second kappa shape index (κ2) is 13.7. The Morgan fingerprint density at radius 3 is 2.14 bits per heavy atom. The molecular formula is C38H34F2N4O4S. The van der Waals surface area contributed by atoms with E-state index in [0.717, 1.165) is 10.4 Å². The number of aromatic nitrogens is 2. The highest BCUT2D eigenvalue weighted by Gasteiger charge is 2.39. The number of carbonyl (C=O) groups is 3. The van der Waals surface area contributed by atoms with E-state index in [0.29, 0.717) is 33.0 Å². The first-order valence-electron chi connectivity index (χ1n) is 15.8. The van der Waals surface area contributed by atoms with Gasteiger partial charge in [0.05, 0.1) is 10.8 Å². The summed E-state index contributed by atoms with van der Waals surface area (Å²) in [5.74, 6) is -2.82. The van der Waals surface area contributed by atoms with Crippen molar-refractivity contribution in [2.75, 3.05) is 13.1 Å². The normalized spacial score (nSPS) is 13.9. The first-order valence-corrected chi connectivity index (χ1v) is 16.6. The lowest BCUT2D eigenvalue weighted by Gasteiger charge is -2.38. The number of aliphatic carboxylic acids is 1. The maximum absolute atomic E-state index is 15.1. The van der Waals surface area contributed by atoms with E-state index in [-0.39, 0.29) is 42.3 Å². The highest BCUT2D eigenvalue weighted by atomic mass is 32.1. The number of hydrogen-bond acceptors (Lipinski definition) is 6. The van der Waals surface area contributed by atoms with E-state index < -0.39 is 29.6 Å². The molecule has 3 aromatic carbocycles. The van der Waals surface area contributed by atoms with Crippen LogP contribution in [0.25, 0.3) is 33.6 Å². The number of benzene rings is 3. The number of rotatable bonds is 9. The average molecular weight is 681 g/mol. The van der Waals surface area contributed by atoms with Crippen LogP contribution in [0, 0.1) is 17.6 Å². The highest BCUT2D eigenvalue weighted by Crippen LogP contribution is 2.31. The molecule has 250 valence electrons. The van der Waals surface area contributed by atoms with Crippen molar-refractivity contribution in [1.82, 2.24) is 20.2 Å². The third kappa shape index (κ3) is 7.41. The number of hydrogen-bond donors (Lipinski definition) is 2. The molecule has 1 atom stereocenters. The smallest absolute Gasteiger partial charge is 0.310 e. The zero-order chi connectivity index (χ0) is 34.9. The zero-order valence-electron chi connectivity index (χ0n) is 27.1. The maximum atomic E-state index is 15.1. The summed E-state index contributed by atoms with van der Waals surface area (Å²) in [5.41, 5.74) is 2.83. The Balaban J connectivity index is 1.16. The van der Waals surface area contributed by atoms with Gasteiger partial charge < -0.3 is 15.3 Å². The monoisotopic (exact) mass is 680 g/mol. The second-order valence-electron chi connectivity index (χ2n) is 13.1. The van der Waals surface area contributed by atoms with Gasteiger partial charge in [0, 0.05) is 59.0 Å². The molecule has 49 heavy (non-hydrogen) atoms. The van der Waals surface area contributed by atoms with Crippen molar-refractivity contribution < 1.29 is 28.3 Å². The van der Waals surface area contributed by atoms with E-state index in [2.05, 4.69) is 36.1 Å². The van der Waals surface area contributed by atoms with Crippen molar-refractivity contribution in [1.29, 1.82) is 0 Å². The summed E-state index contributed by atoms with van der Waals surface area (Å²) in [6.45, 7) is 6.38. The van der Waals surface area contributed by atoms with Crippen molar-refractivity contribution in [3.8, 4) is 33.6 Å². The van der Waals surface area contributed by atoms with Gasteiger partial charge in [-0.3, -0.25) is 14.4 Å². The third-order valence-corrected chi connectivity index (χ3v) is 9.99. The molecule has 1 fully saturated rings. The SMILES string of the molecule is CC(C)(C)c1ccc(C(=O)N[C@@H](Cc2ccc(-c3ncc(-c4ccc(-c5ccccc5F)cc4F)cn3)cc2)C(=O)N2CC(C(=O)O)C2)s1. The fourth-order valence-corrected chi connectivity index (χ4v) is 6.55. The van der Waals surface area contributed by atoms with Crippen molar-refractivity contribution in [2.45, 2.75) is 38.6 Å². The summed E-state index contributed by atoms with van der Waals surface area (Å²) >= 11 is 1.38. The van der Waals surface area contributed by atoms with Gasteiger partial charge in [0.25, 0.3) is 5.91 Å². The Labute approximate surface area is 286 Å². The van der Waals surface area contributed by atoms with Gasteiger partial charge in [-0.15, -0.1) is 11.3 Å². The fraction of sp³-hybridized carbons (Fsp3) is 0.237. The van der Waals surface area contributed by atoms with Crippen LogP contribution in [-0.4, -0.2) is 56.9 Å². The molecule has 0 unspecified atom stereocenters. The number of halogens is 2. The molecule has 1 aliphatic heterocycles. The number of carbonyl (C=O) groups excluding carboxylic acids is 2. The van der Waals surface area contributed by atoms with Gasteiger partial charge in [-0.25, -0.2) is 18.7 Å². The molecule has 2 N–H and O–H groups in total. The summed E-state index contributed by atoms with van der Waals surface area (Å²) in [7, 11) is 0. The predicted octanol–water partition coefficient (Wildman–Crippen LogP) is 7.00. The fourth-order valence-electron chi connectivity index (χ4n) is 5.58. The van der Waals surface area contributed by atoms with Crippen LogP contribution >= 0.6 is 11.3 Å². The van der Waals surface area contributed by atoms with E-state index in [4.69, 9.17) is 0 Å². The topological polar surface area (TPSA) is 112 Å². The summed E-state index contributed by atoms with van der Waals surface area (Å²) < 4.78 is 29.3. The van der Waals surface area contributed by atoms with Gasteiger partial charge in [0.15, 0.2) is 5.82 Å². The van der Waals surface area contributed by atoms with Gasteiger partial charge in [0.1, 0.15) is 17.7 Å². The van der Waals surface area contributed by atoms with Crippen LogP contribution in [-0.2, 0) is 21.4 Å². The van der Waals surface area contributed by atoms with Crippen LogP contribution in [0.1, 0.15) is 40.9 Å². The number of amides is 2. The number of nitrogens with zero attached hydrogens (tertiary/aromatic N) is 3. The van der Waals surface area contributed by atoms with Crippen molar-refractivity contribution in [3.63, 3.8) is 0 Å². The molecule has 0 bridgehead atoms. The first-order chi connectivity index (χ1) is 23.4. The lowest BCUT2D eigenvalue weighted by molar-refractivity contribution is -0.153. The molecule has 1 aliphatic rings. The molecule has 5 aromatic rings. The lowest BCUT2D eigenvalue weighted by Crippen LogP contribution is -2.59. The second-order valence-corrected chi connectivity index (χ2v) is 14.2. The molecule has 0 radical (unpaired) electrons. The average Bonchev–Trinajstić information content (AvgIpc) is 3.56. The summed E-state index contributed by atoms with van der Waals surface area (Å²) in [6.07, 6.45) is 3.24. The quantitative estimate of drug-likeness (QED) is 0.174. The Kier molecular flexibility index (Phi) is 9.38. The van der Waals surface area contributed by atoms with Gasteiger partial charge in [-0.2, -0.15) is 0 Å². The molecule has 1 saturated heterocycles. The minimum absolute atomic E-state index is 0.0968. The van der Waals surface area contributed by atoms with E-state index >= 15 is 4.39 Å². The highest BCUT2D eigenvalue weighted by molar-refractivity contribution is 7.14. The summed E-state index contributed by atoms with van der Waals surface area (Å²) in [6, 6.07) is 20.7. The van der Waals surface area contributed by atoms with Crippen molar-refractivity contribution >= 4 is 29.1 Å². The molecule has 6 rings (SSSR count). The van der Waals surface area contributed by atoms with Crippen LogP contribution in [0.4, 0.5) is 8.78 Å². The lowest BCUT2D eigenvalue weighted by atomic mass is 9.95. The molecular weight excluding hydrogens is 647 g/mol. The van der Waals surface area contributed by atoms with Crippen LogP contribution in [0.15, 0.2) is 91.3 Å². The molecule has 0 saturated carbocycles. The minimum Gasteiger partial charge on any atom is -0.481 e. The largest absolute Gasteiger partial charge is 0.481 e. The number of nitrogens with one attached hydrogen (secondary N) is 1. The van der Waals surface area contributed by atoms with E-state index in [1.165, 1.54) is 40.8 Å². The zero-order valence-corrected chi connectivity index (χ0v) is 27.9. The Hall–Kier alpha value is -5.29. The van der Waals surface area contributed by atoms with Crippen LogP contribution in [0.3, 0.4) is 0 Å². The molecule has 0 spiro atoms. The van der Waals surface area contributed by atoms with Crippen LogP contribution in [0.2, 0.25) is 0 Å². The van der Waals surface area contributed by atoms with E-state index in [1.807, 2.05) is 18.2 Å². The molecule has 2 aromatic heterocycles.